The predicted octanol–water partition coefficient (Wildman–Crippen LogP) is 1.16. The lowest BCUT2D eigenvalue weighted by Gasteiger charge is -2.23. The molecule has 1 unspecified atom stereocenters. The highest BCUT2D eigenvalue weighted by Crippen LogP contribution is 2.27. The average molecular weight is 311 g/mol. The van der Waals surface area contributed by atoms with Gasteiger partial charge in [-0.15, -0.1) is 0 Å². The van der Waals surface area contributed by atoms with Crippen LogP contribution in [0.4, 0.5) is 0 Å². The third-order valence-corrected chi connectivity index (χ3v) is 6.38. The topological polar surface area (TPSA) is 57.6 Å². The van der Waals surface area contributed by atoms with E-state index in [1.54, 1.807) is 43.1 Å². The fourth-order valence-electron chi connectivity index (χ4n) is 2.09. The lowest BCUT2D eigenvalue weighted by Crippen LogP contribution is -2.37. The zero-order chi connectivity index (χ0) is 14.6. The van der Waals surface area contributed by atoms with E-state index in [2.05, 4.69) is 11.8 Å². The Balaban J connectivity index is 2.38. The summed E-state index contributed by atoms with van der Waals surface area (Å²) in [6.07, 6.45) is 0.880. The van der Waals surface area contributed by atoms with Crippen molar-refractivity contribution < 1.29 is 13.5 Å². The van der Waals surface area contributed by atoms with Crippen molar-refractivity contribution in [1.82, 2.24) is 4.31 Å². The lowest BCUT2D eigenvalue weighted by molar-refractivity contribution is 0.350. The van der Waals surface area contributed by atoms with Gasteiger partial charge in [-0.05, 0) is 24.3 Å². The highest BCUT2D eigenvalue weighted by Gasteiger charge is 2.31. The minimum Gasteiger partial charge on any atom is -0.384 e. The van der Waals surface area contributed by atoms with Crippen LogP contribution < -0.4 is 0 Å². The molecule has 1 aliphatic rings. The minimum atomic E-state index is -3.55. The van der Waals surface area contributed by atoms with Gasteiger partial charge in [-0.25, -0.2) is 8.42 Å². The molecular formula is C14H17NO3S2. The second-order valence-corrected chi connectivity index (χ2v) is 7.61. The fourth-order valence-corrected chi connectivity index (χ4v) is 4.98. The van der Waals surface area contributed by atoms with Crippen molar-refractivity contribution in [2.24, 2.45) is 0 Å². The van der Waals surface area contributed by atoms with Crippen molar-refractivity contribution in [2.75, 3.05) is 25.2 Å². The lowest BCUT2D eigenvalue weighted by atomic mass is 10.2. The molecule has 20 heavy (non-hydrogen) atoms. The number of thioether (sulfide) groups is 1. The van der Waals surface area contributed by atoms with Crippen LogP contribution in [0, 0.1) is 11.8 Å². The molecule has 0 bridgehead atoms. The van der Waals surface area contributed by atoms with Gasteiger partial charge in [0.05, 0.1) is 4.90 Å². The van der Waals surface area contributed by atoms with E-state index in [1.165, 1.54) is 4.31 Å². The van der Waals surface area contributed by atoms with Gasteiger partial charge in [-0.1, -0.05) is 24.0 Å². The van der Waals surface area contributed by atoms with Gasteiger partial charge in [-0.3, -0.25) is 0 Å². The Kier molecular flexibility index (Phi) is 5.11. The summed E-state index contributed by atoms with van der Waals surface area (Å²) in [6.45, 7) is -0.288. The van der Waals surface area contributed by atoms with E-state index in [0.717, 1.165) is 17.9 Å². The third kappa shape index (κ3) is 3.18. The molecule has 6 heteroatoms. The molecule has 1 aromatic carbocycles. The van der Waals surface area contributed by atoms with E-state index in [1.807, 2.05) is 0 Å². The van der Waals surface area contributed by atoms with Crippen molar-refractivity contribution >= 4 is 21.8 Å². The normalized spacial score (nSPS) is 18.9. The number of rotatable bonds is 3. The number of benzene rings is 1. The first-order valence-electron chi connectivity index (χ1n) is 6.32. The molecule has 0 spiro atoms. The molecule has 0 saturated carbocycles. The Morgan fingerprint density at radius 3 is 2.85 bits per heavy atom. The van der Waals surface area contributed by atoms with Crippen LogP contribution in [0.2, 0.25) is 0 Å². The van der Waals surface area contributed by atoms with Crippen LogP contribution in [-0.4, -0.2) is 49.0 Å². The van der Waals surface area contributed by atoms with Crippen molar-refractivity contribution in [2.45, 2.75) is 17.4 Å². The van der Waals surface area contributed by atoms with E-state index in [4.69, 9.17) is 5.11 Å². The SMILES string of the molecule is CN(C1CCSC1)S(=O)(=O)c1ccccc1C#CCO. The third-order valence-electron chi connectivity index (χ3n) is 3.27. The molecule has 108 valence electrons. The molecular weight excluding hydrogens is 294 g/mol. The van der Waals surface area contributed by atoms with Crippen LogP contribution in [0.5, 0.6) is 0 Å². The van der Waals surface area contributed by atoms with Gasteiger partial charge in [0.2, 0.25) is 10.0 Å². The molecule has 4 nitrogen and oxygen atoms in total. The van der Waals surface area contributed by atoms with Crippen LogP contribution in [-0.2, 0) is 10.0 Å². The van der Waals surface area contributed by atoms with Crippen LogP contribution in [0.15, 0.2) is 29.2 Å². The molecule has 1 aliphatic heterocycles. The maximum absolute atomic E-state index is 12.7. The van der Waals surface area contributed by atoms with Crippen molar-refractivity contribution in [3.05, 3.63) is 29.8 Å². The van der Waals surface area contributed by atoms with Crippen molar-refractivity contribution in [1.29, 1.82) is 0 Å². The van der Waals surface area contributed by atoms with Gasteiger partial charge in [0.25, 0.3) is 0 Å². The van der Waals surface area contributed by atoms with E-state index in [0.29, 0.717) is 5.56 Å². The highest BCUT2D eigenvalue weighted by atomic mass is 32.2. The minimum absolute atomic E-state index is 0.0452. The molecule has 1 fully saturated rings. The first-order valence-corrected chi connectivity index (χ1v) is 8.91. The Morgan fingerprint density at radius 1 is 1.45 bits per heavy atom. The summed E-state index contributed by atoms with van der Waals surface area (Å²) < 4.78 is 26.8. The maximum atomic E-state index is 12.7. The monoisotopic (exact) mass is 311 g/mol. The fraction of sp³-hybridized carbons (Fsp3) is 0.429. The van der Waals surface area contributed by atoms with Gasteiger partial charge >= 0.3 is 0 Å². The summed E-state index contributed by atoms with van der Waals surface area (Å²) in [4.78, 5) is 0.209. The summed E-state index contributed by atoms with van der Waals surface area (Å²) in [6, 6.07) is 6.70. The summed E-state index contributed by atoms with van der Waals surface area (Å²) in [5.74, 6) is 7.04. The van der Waals surface area contributed by atoms with Gasteiger partial charge in [0.15, 0.2) is 0 Å². The Bertz CT molecular complexity index is 625. The van der Waals surface area contributed by atoms with Crippen LogP contribution in [0.25, 0.3) is 0 Å². The van der Waals surface area contributed by atoms with Gasteiger partial charge in [-0.2, -0.15) is 16.1 Å². The van der Waals surface area contributed by atoms with Crippen LogP contribution in [0.1, 0.15) is 12.0 Å². The number of aliphatic hydroxyl groups is 1. The first-order chi connectivity index (χ1) is 9.57. The van der Waals surface area contributed by atoms with E-state index in [9.17, 15) is 8.42 Å². The van der Waals surface area contributed by atoms with Crippen LogP contribution in [0.3, 0.4) is 0 Å². The average Bonchev–Trinajstić information content (AvgIpc) is 2.98. The smallest absolute Gasteiger partial charge is 0.244 e. The molecule has 0 radical (unpaired) electrons. The quantitative estimate of drug-likeness (QED) is 0.851. The van der Waals surface area contributed by atoms with Gasteiger partial charge in [0.1, 0.15) is 6.61 Å². The standard InChI is InChI=1S/C14H17NO3S2/c1-15(13-8-10-19-11-13)20(17,18)14-7-3-2-5-12(14)6-4-9-16/h2-3,5,7,13,16H,8-11H2,1H3. The van der Waals surface area contributed by atoms with Crippen molar-refractivity contribution in [3.63, 3.8) is 0 Å². The van der Waals surface area contributed by atoms with Crippen molar-refractivity contribution in [3.8, 4) is 11.8 Å². The van der Waals surface area contributed by atoms with E-state index < -0.39 is 10.0 Å². The summed E-state index contributed by atoms with van der Waals surface area (Å²) in [5.41, 5.74) is 0.430. The number of sulfonamides is 1. The van der Waals surface area contributed by atoms with Gasteiger partial charge < -0.3 is 5.11 Å². The summed E-state index contributed by atoms with van der Waals surface area (Å²) >= 11 is 1.77. The number of hydrogen-bond acceptors (Lipinski definition) is 4. The zero-order valence-corrected chi connectivity index (χ0v) is 12.9. The highest BCUT2D eigenvalue weighted by molar-refractivity contribution is 7.99. The molecule has 0 amide bonds. The summed E-state index contributed by atoms with van der Waals surface area (Å²) in [5, 5.41) is 8.77. The predicted molar refractivity (Wildman–Crippen MR) is 81.1 cm³/mol. The Hall–Kier alpha value is -1.00. The zero-order valence-electron chi connectivity index (χ0n) is 11.2. The van der Waals surface area contributed by atoms with Crippen LogP contribution >= 0.6 is 11.8 Å². The molecule has 1 saturated heterocycles. The molecule has 0 aromatic heterocycles. The molecule has 2 rings (SSSR count). The largest absolute Gasteiger partial charge is 0.384 e. The molecule has 1 atom stereocenters. The van der Waals surface area contributed by atoms with E-state index >= 15 is 0 Å². The second kappa shape index (κ2) is 6.64. The molecule has 0 aliphatic carbocycles. The Morgan fingerprint density at radius 2 is 2.20 bits per heavy atom. The number of hydrogen-bond donors (Lipinski definition) is 1. The number of aliphatic hydroxyl groups excluding tert-OH is 1. The molecule has 1 heterocycles. The Labute approximate surface area is 124 Å². The first kappa shape index (κ1) is 15.4. The molecule has 1 N–H and O–H groups in total. The van der Waals surface area contributed by atoms with E-state index in [-0.39, 0.29) is 17.5 Å². The maximum Gasteiger partial charge on any atom is 0.244 e. The summed E-state index contributed by atoms with van der Waals surface area (Å²) in [7, 11) is -1.92. The van der Waals surface area contributed by atoms with Gasteiger partial charge in [0, 0.05) is 24.4 Å². The number of nitrogens with zero attached hydrogens (tertiary/aromatic N) is 1. The molecule has 1 aromatic rings. The second-order valence-electron chi connectivity index (χ2n) is 4.49.